The Labute approximate surface area is 102 Å². The van der Waals surface area contributed by atoms with E-state index in [0.29, 0.717) is 18.0 Å². The summed E-state index contributed by atoms with van der Waals surface area (Å²) in [7, 11) is -1.38. The molecule has 17 heavy (non-hydrogen) atoms. The van der Waals surface area contributed by atoms with Crippen molar-refractivity contribution in [1.29, 1.82) is 0 Å². The molecule has 3 N–H and O–H groups in total. The van der Waals surface area contributed by atoms with E-state index in [4.69, 9.17) is 10.5 Å². The first-order valence-electron chi connectivity index (χ1n) is 5.35. The summed E-state index contributed by atoms with van der Waals surface area (Å²) in [6, 6.07) is 5.21. The highest BCUT2D eigenvalue weighted by molar-refractivity contribution is 7.91. The molecule has 0 fully saturated rings. The van der Waals surface area contributed by atoms with Gasteiger partial charge in [0.15, 0.2) is 9.84 Å². The fourth-order valence-corrected chi connectivity index (χ4v) is 2.04. The van der Waals surface area contributed by atoms with Crippen LogP contribution in [0.3, 0.4) is 0 Å². The van der Waals surface area contributed by atoms with Crippen LogP contribution in [0, 0.1) is 0 Å². The number of hydrogen-bond acceptors (Lipinski definition) is 5. The number of benzene rings is 1. The van der Waals surface area contributed by atoms with Gasteiger partial charge in [-0.15, -0.1) is 0 Å². The zero-order valence-corrected chi connectivity index (χ0v) is 10.9. The molecule has 5 nitrogen and oxygen atoms in total. The zero-order valence-electron chi connectivity index (χ0n) is 10.1. The summed E-state index contributed by atoms with van der Waals surface area (Å²) in [5, 5.41) is 3.01. The minimum atomic E-state index is -2.94. The normalized spacial score (nSPS) is 11.2. The van der Waals surface area contributed by atoms with Crippen LogP contribution in [0.1, 0.15) is 6.92 Å². The van der Waals surface area contributed by atoms with E-state index in [0.717, 1.165) is 5.69 Å². The minimum Gasteiger partial charge on any atom is -0.497 e. The summed E-state index contributed by atoms with van der Waals surface area (Å²) in [6.45, 7) is 2.00. The first-order chi connectivity index (χ1) is 7.96. The van der Waals surface area contributed by atoms with E-state index in [9.17, 15) is 8.42 Å². The van der Waals surface area contributed by atoms with Crippen molar-refractivity contribution in [2.75, 3.05) is 36.2 Å². The molecule has 0 heterocycles. The van der Waals surface area contributed by atoms with Crippen molar-refractivity contribution in [2.24, 2.45) is 0 Å². The van der Waals surface area contributed by atoms with Crippen molar-refractivity contribution >= 4 is 21.2 Å². The molecule has 96 valence electrons. The molecule has 0 unspecified atom stereocenters. The number of rotatable bonds is 6. The van der Waals surface area contributed by atoms with Crippen LogP contribution in [-0.4, -0.2) is 33.6 Å². The number of hydrogen-bond donors (Lipinski definition) is 2. The molecule has 0 aromatic heterocycles. The molecular formula is C11H18N2O3S. The van der Waals surface area contributed by atoms with Crippen LogP contribution in [0.2, 0.25) is 0 Å². The van der Waals surface area contributed by atoms with E-state index < -0.39 is 9.84 Å². The number of sulfone groups is 1. The first-order valence-corrected chi connectivity index (χ1v) is 7.18. The maximum Gasteiger partial charge on any atom is 0.151 e. The monoisotopic (exact) mass is 258 g/mol. The van der Waals surface area contributed by atoms with Crippen molar-refractivity contribution in [3.8, 4) is 5.75 Å². The fourth-order valence-electron chi connectivity index (χ4n) is 1.34. The van der Waals surface area contributed by atoms with E-state index in [1.165, 1.54) is 0 Å². The van der Waals surface area contributed by atoms with Crippen LogP contribution in [0.4, 0.5) is 11.4 Å². The summed E-state index contributed by atoms with van der Waals surface area (Å²) in [6.07, 6.45) is 0. The molecule has 0 radical (unpaired) electrons. The maximum absolute atomic E-state index is 11.3. The Bertz CT molecular complexity index is 472. The SMILES string of the molecule is CCS(=O)(=O)CCNc1cc(N)cc(OC)c1. The lowest BCUT2D eigenvalue weighted by atomic mass is 10.2. The summed E-state index contributed by atoms with van der Waals surface area (Å²) in [5.74, 6) is 0.918. The standard InChI is InChI=1S/C11H18N2O3S/c1-3-17(14,15)5-4-13-10-6-9(12)7-11(8-10)16-2/h6-8,13H,3-5,12H2,1-2H3. The molecule has 0 aliphatic rings. The van der Waals surface area contributed by atoms with Crippen LogP contribution in [0.15, 0.2) is 18.2 Å². The van der Waals surface area contributed by atoms with Crippen molar-refractivity contribution < 1.29 is 13.2 Å². The predicted molar refractivity (Wildman–Crippen MR) is 70.2 cm³/mol. The van der Waals surface area contributed by atoms with Crippen molar-refractivity contribution in [3.05, 3.63) is 18.2 Å². The summed E-state index contributed by atoms with van der Waals surface area (Å²) in [4.78, 5) is 0. The number of nitrogen functional groups attached to an aromatic ring is 1. The predicted octanol–water partition coefficient (Wildman–Crippen LogP) is 1.12. The van der Waals surface area contributed by atoms with E-state index in [2.05, 4.69) is 5.32 Å². The lowest BCUT2D eigenvalue weighted by molar-refractivity contribution is 0.415. The molecule has 0 saturated heterocycles. The van der Waals surface area contributed by atoms with Gasteiger partial charge in [0.2, 0.25) is 0 Å². The van der Waals surface area contributed by atoms with Crippen molar-refractivity contribution in [2.45, 2.75) is 6.92 Å². The van der Waals surface area contributed by atoms with Gasteiger partial charge in [-0.3, -0.25) is 0 Å². The van der Waals surface area contributed by atoms with Gasteiger partial charge >= 0.3 is 0 Å². The van der Waals surface area contributed by atoms with Gasteiger partial charge < -0.3 is 15.8 Å². The third kappa shape index (κ3) is 4.52. The highest BCUT2D eigenvalue weighted by Gasteiger charge is 2.06. The van der Waals surface area contributed by atoms with Gasteiger partial charge in [-0.2, -0.15) is 0 Å². The van der Waals surface area contributed by atoms with Crippen LogP contribution < -0.4 is 15.8 Å². The average Bonchev–Trinajstić information content (AvgIpc) is 2.28. The summed E-state index contributed by atoms with van der Waals surface area (Å²) < 4.78 is 27.6. The lowest BCUT2D eigenvalue weighted by Gasteiger charge is -2.09. The minimum absolute atomic E-state index is 0.112. The van der Waals surface area contributed by atoms with Crippen LogP contribution in [-0.2, 0) is 9.84 Å². The molecule has 0 aliphatic carbocycles. The Morgan fingerprint density at radius 1 is 1.35 bits per heavy atom. The highest BCUT2D eigenvalue weighted by atomic mass is 32.2. The van der Waals surface area contributed by atoms with Gasteiger partial charge in [0.25, 0.3) is 0 Å². The van der Waals surface area contributed by atoms with Crippen molar-refractivity contribution in [3.63, 3.8) is 0 Å². The second-order valence-electron chi connectivity index (χ2n) is 3.66. The molecule has 1 aromatic carbocycles. The topological polar surface area (TPSA) is 81.4 Å². The third-order valence-electron chi connectivity index (χ3n) is 2.35. The molecule has 0 atom stereocenters. The van der Waals surface area contributed by atoms with E-state index in [1.54, 1.807) is 32.2 Å². The number of anilines is 2. The summed E-state index contributed by atoms with van der Waals surface area (Å²) >= 11 is 0. The number of methoxy groups -OCH3 is 1. The van der Waals surface area contributed by atoms with E-state index >= 15 is 0 Å². The molecule has 1 rings (SSSR count). The van der Waals surface area contributed by atoms with Crippen molar-refractivity contribution in [1.82, 2.24) is 0 Å². The Morgan fingerprint density at radius 3 is 2.65 bits per heavy atom. The van der Waals surface area contributed by atoms with Crippen LogP contribution in [0.5, 0.6) is 5.75 Å². The fraction of sp³-hybridized carbons (Fsp3) is 0.455. The van der Waals surface area contributed by atoms with E-state index in [-0.39, 0.29) is 11.5 Å². The lowest BCUT2D eigenvalue weighted by Crippen LogP contribution is -2.17. The van der Waals surface area contributed by atoms with Gasteiger partial charge in [-0.05, 0) is 6.07 Å². The second kappa shape index (κ2) is 5.77. The second-order valence-corrected chi connectivity index (χ2v) is 6.13. The molecule has 0 amide bonds. The number of ether oxygens (including phenoxy) is 1. The Kier molecular flexibility index (Phi) is 4.62. The van der Waals surface area contributed by atoms with E-state index in [1.807, 2.05) is 0 Å². The molecule has 0 bridgehead atoms. The van der Waals surface area contributed by atoms with Gasteiger partial charge in [0, 0.05) is 35.8 Å². The Morgan fingerprint density at radius 2 is 2.06 bits per heavy atom. The van der Waals surface area contributed by atoms with Gasteiger partial charge in [-0.1, -0.05) is 6.92 Å². The molecule has 6 heteroatoms. The molecule has 0 saturated carbocycles. The third-order valence-corrected chi connectivity index (χ3v) is 4.05. The Hall–Kier alpha value is -1.43. The smallest absolute Gasteiger partial charge is 0.151 e. The molecule has 0 spiro atoms. The number of nitrogens with one attached hydrogen (secondary N) is 1. The zero-order chi connectivity index (χ0) is 12.9. The average molecular weight is 258 g/mol. The highest BCUT2D eigenvalue weighted by Crippen LogP contribution is 2.21. The van der Waals surface area contributed by atoms with Gasteiger partial charge in [0.05, 0.1) is 12.9 Å². The summed E-state index contributed by atoms with van der Waals surface area (Å²) in [5.41, 5.74) is 7.01. The Balaban J connectivity index is 2.61. The van der Waals surface area contributed by atoms with Crippen LogP contribution >= 0.6 is 0 Å². The number of nitrogens with two attached hydrogens (primary N) is 1. The molecular weight excluding hydrogens is 240 g/mol. The quantitative estimate of drug-likeness (QED) is 0.747. The maximum atomic E-state index is 11.3. The van der Waals surface area contributed by atoms with Crippen LogP contribution in [0.25, 0.3) is 0 Å². The van der Waals surface area contributed by atoms with Gasteiger partial charge in [0.1, 0.15) is 5.75 Å². The molecule has 0 aliphatic heterocycles. The first kappa shape index (κ1) is 13.6. The van der Waals surface area contributed by atoms with Gasteiger partial charge in [-0.25, -0.2) is 8.42 Å². The largest absolute Gasteiger partial charge is 0.497 e. The molecule has 1 aromatic rings.